The van der Waals surface area contributed by atoms with Gasteiger partial charge in [0.15, 0.2) is 0 Å². The third kappa shape index (κ3) is 4.41. The van der Waals surface area contributed by atoms with Crippen LogP contribution in [-0.2, 0) is 0 Å². The topological polar surface area (TPSA) is 4.93 Å². The molecule has 0 aliphatic rings. The molecule has 1 heterocycles. The second-order valence-electron chi connectivity index (χ2n) is 14.8. The first-order chi connectivity index (χ1) is 27.3. The van der Waals surface area contributed by atoms with E-state index >= 15 is 0 Å². The summed E-state index contributed by atoms with van der Waals surface area (Å²) in [4.78, 5) is 0. The van der Waals surface area contributed by atoms with Gasteiger partial charge in [-0.3, -0.25) is 0 Å². The quantitative estimate of drug-likeness (QED) is 0.128. The van der Waals surface area contributed by atoms with Crippen LogP contribution in [0.15, 0.2) is 200 Å². The van der Waals surface area contributed by atoms with Gasteiger partial charge >= 0.3 is 0 Å². The Morgan fingerprint density at radius 2 is 0.782 bits per heavy atom. The van der Waals surface area contributed by atoms with Gasteiger partial charge in [0.05, 0.1) is 11.0 Å². The molecule has 254 valence electrons. The Morgan fingerprint density at radius 3 is 1.49 bits per heavy atom. The van der Waals surface area contributed by atoms with Crippen molar-refractivity contribution in [2.75, 3.05) is 0 Å². The number of para-hydroxylation sites is 1. The first kappa shape index (κ1) is 30.3. The third-order valence-electron chi connectivity index (χ3n) is 11.9. The highest BCUT2D eigenvalue weighted by Gasteiger charge is 2.20. The molecule has 0 unspecified atom stereocenters. The summed E-state index contributed by atoms with van der Waals surface area (Å²) in [6.07, 6.45) is 0. The Hall–Kier alpha value is -7.22. The zero-order valence-corrected chi connectivity index (χ0v) is 30.0. The Kier molecular flexibility index (Phi) is 6.40. The van der Waals surface area contributed by atoms with E-state index in [-0.39, 0.29) is 0 Å². The molecular formula is C54H33N. The molecule has 0 radical (unpaired) electrons. The van der Waals surface area contributed by atoms with Gasteiger partial charge in [0.1, 0.15) is 0 Å². The maximum absolute atomic E-state index is 2.45. The van der Waals surface area contributed by atoms with Gasteiger partial charge < -0.3 is 4.57 Å². The summed E-state index contributed by atoms with van der Waals surface area (Å²) in [5, 5.41) is 18.0. The van der Waals surface area contributed by atoms with Crippen LogP contribution in [0.4, 0.5) is 0 Å². The lowest BCUT2D eigenvalue weighted by Gasteiger charge is -2.14. The number of hydrogen-bond acceptors (Lipinski definition) is 0. The molecule has 55 heavy (non-hydrogen) atoms. The average Bonchev–Trinajstić information content (AvgIpc) is 3.61. The molecular weight excluding hydrogens is 663 g/mol. The van der Waals surface area contributed by atoms with E-state index in [4.69, 9.17) is 0 Å². The highest BCUT2D eigenvalue weighted by Crippen LogP contribution is 2.45. The molecule has 0 saturated heterocycles. The molecule has 0 N–H and O–H groups in total. The van der Waals surface area contributed by atoms with Crippen LogP contribution in [0.2, 0.25) is 0 Å². The molecule has 0 spiro atoms. The Bertz CT molecular complexity index is 3520. The Labute approximate surface area is 317 Å². The van der Waals surface area contributed by atoms with Gasteiger partial charge in [0.25, 0.3) is 0 Å². The van der Waals surface area contributed by atoms with Gasteiger partial charge in [-0.05, 0) is 123 Å². The first-order valence-corrected chi connectivity index (χ1v) is 19.1. The van der Waals surface area contributed by atoms with Crippen molar-refractivity contribution in [1.82, 2.24) is 4.57 Å². The number of rotatable bonds is 3. The average molecular weight is 696 g/mol. The fraction of sp³-hybridized carbons (Fsp3) is 0. The lowest BCUT2D eigenvalue weighted by Crippen LogP contribution is -1.94. The molecule has 0 aliphatic carbocycles. The summed E-state index contributed by atoms with van der Waals surface area (Å²) in [7, 11) is 0. The van der Waals surface area contributed by atoms with Gasteiger partial charge in [-0.25, -0.2) is 0 Å². The molecule has 1 nitrogen and oxygen atoms in total. The van der Waals surface area contributed by atoms with E-state index in [1.165, 1.54) is 114 Å². The van der Waals surface area contributed by atoms with E-state index in [1.807, 2.05) is 0 Å². The van der Waals surface area contributed by atoms with Crippen LogP contribution in [0, 0.1) is 0 Å². The van der Waals surface area contributed by atoms with E-state index < -0.39 is 0 Å². The normalized spacial score (nSPS) is 12.0. The van der Waals surface area contributed by atoms with Gasteiger partial charge in [-0.15, -0.1) is 0 Å². The monoisotopic (exact) mass is 695 g/mol. The van der Waals surface area contributed by atoms with Crippen LogP contribution < -0.4 is 0 Å². The number of hydrogen-bond donors (Lipinski definition) is 0. The van der Waals surface area contributed by atoms with Crippen molar-refractivity contribution in [2.24, 2.45) is 0 Å². The Balaban J connectivity index is 1.08. The summed E-state index contributed by atoms with van der Waals surface area (Å²) in [6, 6.07) is 74.0. The van der Waals surface area contributed by atoms with Crippen LogP contribution in [0.1, 0.15) is 0 Å². The maximum Gasteiger partial charge on any atom is 0.0553 e. The van der Waals surface area contributed by atoms with Gasteiger partial charge in [-0.1, -0.05) is 164 Å². The number of aromatic nitrogens is 1. The Morgan fingerprint density at radius 1 is 0.255 bits per heavy atom. The highest BCUT2D eigenvalue weighted by atomic mass is 15.0. The van der Waals surface area contributed by atoms with Crippen molar-refractivity contribution in [3.05, 3.63) is 200 Å². The number of benzene rings is 11. The lowest BCUT2D eigenvalue weighted by molar-refractivity contribution is 1.18. The van der Waals surface area contributed by atoms with E-state index in [9.17, 15) is 0 Å². The lowest BCUT2D eigenvalue weighted by atomic mass is 9.89. The van der Waals surface area contributed by atoms with Crippen LogP contribution in [0.3, 0.4) is 0 Å². The fourth-order valence-electron chi connectivity index (χ4n) is 9.49. The minimum atomic E-state index is 1.17. The van der Waals surface area contributed by atoms with Crippen molar-refractivity contribution in [3.63, 3.8) is 0 Å². The minimum Gasteiger partial charge on any atom is -0.309 e. The standard InChI is InChI=1S/C54H33N/c1-2-15-38(16-3-1)55-51-30-29-34-13-4-5-17-40(34)53(51)54-46-23-11-10-22-45(46)48(33-52(54)55)36-27-25-35(26-28-36)39-24-12-14-37-31-49-43-20-8-6-18-41(43)42-19-7-9-21-44(42)50(49)32-47(37)39/h1-33H. The largest absolute Gasteiger partial charge is 0.309 e. The van der Waals surface area contributed by atoms with E-state index in [0.717, 1.165) is 0 Å². The minimum absolute atomic E-state index is 1.17. The molecule has 0 saturated carbocycles. The molecule has 0 atom stereocenters. The second kappa shape index (κ2) is 11.6. The maximum atomic E-state index is 2.45. The smallest absolute Gasteiger partial charge is 0.0553 e. The van der Waals surface area contributed by atoms with Crippen molar-refractivity contribution in [2.45, 2.75) is 0 Å². The molecule has 12 rings (SSSR count). The van der Waals surface area contributed by atoms with Gasteiger partial charge in [0, 0.05) is 16.5 Å². The van der Waals surface area contributed by atoms with Crippen molar-refractivity contribution in [3.8, 4) is 27.9 Å². The van der Waals surface area contributed by atoms with Gasteiger partial charge in [0.2, 0.25) is 0 Å². The SMILES string of the molecule is c1ccc(-n2c3ccc4ccccc4c3c3c4ccccc4c(-c4ccc(-c5cccc6cc7c8ccccc8c8ccccc8c7cc56)cc4)cc32)cc1. The van der Waals surface area contributed by atoms with Gasteiger partial charge in [-0.2, -0.15) is 0 Å². The predicted molar refractivity (Wildman–Crippen MR) is 237 cm³/mol. The third-order valence-corrected chi connectivity index (χ3v) is 11.9. The molecule has 1 aromatic heterocycles. The van der Waals surface area contributed by atoms with E-state index in [1.54, 1.807) is 0 Å². The van der Waals surface area contributed by atoms with Crippen LogP contribution in [-0.4, -0.2) is 4.57 Å². The zero-order valence-electron chi connectivity index (χ0n) is 30.0. The van der Waals surface area contributed by atoms with Crippen molar-refractivity contribution >= 4 is 86.4 Å². The zero-order chi connectivity index (χ0) is 36.0. The molecule has 11 aromatic carbocycles. The summed E-state index contributed by atoms with van der Waals surface area (Å²) >= 11 is 0. The molecule has 12 aromatic rings. The van der Waals surface area contributed by atoms with Crippen LogP contribution >= 0.6 is 0 Å². The summed E-state index contributed by atoms with van der Waals surface area (Å²) in [5.74, 6) is 0. The van der Waals surface area contributed by atoms with E-state index in [0.29, 0.717) is 0 Å². The summed E-state index contributed by atoms with van der Waals surface area (Å²) in [5.41, 5.74) is 8.52. The fourth-order valence-corrected chi connectivity index (χ4v) is 9.49. The predicted octanol–water partition coefficient (Wildman–Crippen LogP) is 15.0. The number of nitrogens with zero attached hydrogens (tertiary/aromatic N) is 1. The molecule has 0 aliphatic heterocycles. The highest BCUT2D eigenvalue weighted by molar-refractivity contribution is 6.31. The van der Waals surface area contributed by atoms with Crippen molar-refractivity contribution < 1.29 is 0 Å². The molecule has 0 fully saturated rings. The first-order valence-electron chi connectivity index (χ1n) is 19.1. The van der Waals surface area contributed by atoms with Crippen molar-refractivity contribution in [1.29, 1.82) is 0 Å². The molecule has 0 bridgehead atoms. The summed E-state index contributed by atoms with van der Waals surface area (Å²) in [6.45, 7) is 0. The van der Waals surface area contributed by atoms with Crippen LogP contribution in [0.5, 0.6) is 0 Å². The van der Waals surface area contributed by atoms with Crippen LogP contribution in [0.25, 0.3) is 114 Å². The molecule has 1 heteroatoms. The number of fused-ring (bicyclic) bond motifs is 14. The second-order valence-corrected chi connectivity index (χ2v) is 14.8. The van der Waals surface area contributed by atoms with E-state index in [2.05, 4.69) is 205 Å². The summed E-state index contributed by atoms with van der Waals surface area (Å²) < 4.78 is 2.45. The molecule has 0 amide bonds.